The van der Waals surface area contributed by atoms with Gasteiger partial charge in [0.2, 0.25) is 5.28 Å². The molecule has 0 aromatic carbocycles. The Morgan fingerprint density at radius 2 is 1.82 bits per heavy atom. The van der Waals surface area contributed by atoms with Crippen molar-refractivity contribution in [2.45, 2.75) is 12.8 Å². The van der Waals surface area contributed by atoms with Crippen LogP contribution in [0.1, 0.15) is 12.8 Å². The Labute approximate surface area is 110 Å². The summed E-state index contributed by atoms with van der Waals surface area (Å²) in [6.45, 7) is 4.18. The lowest BCUT2D eigenvalue weighted by atomic mass is 9.72. The van der Waals surface area contributed by atoms with Crippen molar-refractivity contribution in [1.82, 2.24) is 20.5 Å². The average molecular weight is 274 g/mol. The number of anilines is 1. The highest BCUT2D eigenvalue weighted by atomic mass is 35.5. The van der Waals surface area contributed by atoms with E-state index in [2.05, 4.69) is 25.4 Å². The molecule has 2 aliphatic heterocycles. The van der Waals surface area contributed by atoms with E-state index in [0.717, 1.165) is 26.2 Å². The fraction of sp³-hybridized carbons (Fsp3) is 0.700. The maximum atomic E-state index is 5.98. The molecule has 2 fully saturated rings. The first-order valence-corrected chi connectivity index (χ1v) is 6.46. The Kier molecular flexibility index (Phi) is 2.84. The largest absolute Gasteiger partial charge is 0.353 e. The molecule has 2 aliphatic rings. The fourth-order valence-corrected chi connectivity index (χ4v) is 2.99. The quantitative estimate of drug-likeness (QED) is 0.838. The van der Waals surface area contributed by atoms with Crippen LogP contribution >= 0.6 is 23.2 Å². The first-order chi connectivity index (χ1) is 8.19. The third-order valence-corrected chi connectivity index (χ3v) is 4.02. The van der Waals surface area contributed by atoms with Gasteiger partial charge in [-0.15, -0.1) is 10.2 Å². The number of hydrogen-bond donors (Lipinski definition) is 1. The molecule has 1 N–H and O–H groups in total. The highest BCUT2D eigenvalue weighted by Gasteiger charge is 2.44. The number of rotatable bonds is 1. The van der Waals surface area contributed by atoms with Crippen molar-refractivity contribution in [3.05, 3.63) is 10.4 Å². The number of nitrogens with zero attached hydrogens (tertiary/aromatic N) is 4. The van der Waals surface area contributed by atoms with Gasteiger partial charge in [-0.2, -0.15) is 4.98 Å². The van der Waals surface area contributed by atoms with E-state index in [0.29, 0.717) is 16.4 Å². The van der Waals surface area contributed by atoms with Crippen LogP contribution in [-0.4, -0.2) is 41.4 Å². The van der Waals surface area contributed by atoms with E-state index in [9.17, 15) is 0 Å². The number of aromatic nitrogens is 3. The van der Waals surface area contributed by atoms with Gasteiger partial charge in [-0.1, -0.05) is 11.6 Å². The average Bonchev–Trinajstić information content (AvgIpc) is 2.30. The molecular weight excluding hydrogens is 261 g/mol. The summed E-state index contributed by atoms with van der Waals surface area (Å²) in [6, 6.07) is 0. The van der Waals surface area contributed by atoms with E-state index < -0.39 is 0 Å². The van der Waals surface area contributed by atoms with Gasteiger partial charge in [0.15, 0.2) is 11.0 Å². The van der Waals surface area contributed by atoms with Crippen LogP contribution in [0.25, 0.3) is 0 Å². The van der Waals surface area contributed by atoms with Crippen molar-refractivity contribution in [1.29, 1.82) is 0 Å². The third kappa shape index (κ3) is 2.07. The summed E-state index contributed by atoms with van der Waals surface area (Å²) in [7, 11) is 0. The molecule has 17 heavy (non-hydrogen) atoms. The van der Waals surface area contributed by atoms with Crippen LogP contribution in [0.15, 0.2) is 0 Å². The molecule has 0 radical (unpaired) electrons. The lowest BCUT2D eigenvalue weighted by molar-refractivity contribution is 0.149. The van der Waals surface area contributed by atoms with Gasteiger partial charge in [-0.25, -0.2) is 0 Å². The molecule has 1 aromatic heterocycles. The van der Waals surface area contributed by atoms with E-state index >= 15 is 0 Å². The fourth-order valence-electron chi connectivity index (χ4n) is 2.67. The molecule has 7 heteroatoms. The normalized spacial score (nSPS) is 22.6. The van der Waals surface area contributed by atoms with Gasteiger partial charge >= 0.3 is 0 Å². The van der Waals surface area contributed by atoms with Crippen LogP contribution in [0, 0.1) is 5.41 Å². The predicted molar refractivity (Wildman–Crippen MR) is 66.6 cm³/mol. The van der Waals surface area contributed by atoms with Crippen LogP contribution in [0.2, 0.25) is 10.4 Å². The maximum Gasteiger partial charge on any atom is 0.245 e. The summed E-state index contributed by atoms with van der Waals surface area (Å²) >= 11 is 11.7. The molecule has 1 aromatic rings. The Bertz CT molecular complexity index is 425. The van der Waals surface area contributed by atoms with Gasteiger partial charge in [0.05, 0.1) is 0 Å². The number of piperidine rings is 1. The Hall–Kier alpha value is -0.650. The van der Waals surface area contributed by atoms with Crippen molar-refractivity contribution in [3.63, 3.8) is 0 Å². The van der Waals surface area contributed by atoms with Gasteiger partial charge in [-0.3, -0.25) is 0 Å². The number of nitrogens with one attached hydrogen (secondary N) is 1. The maximum absolute atomic E-state index is 5.98. The van der Waals surface area contributed by atoms with E-state index in [-0.39, 0.29) is 5.28 Å². The Morgan fingerprint density at radius 1 is 1.12 bits per heavy atom. The van der Waals surface area contributed by atoms with Crippen molar-refractivity contribution in [3.8, 4) is 0 Å². The molecule has 92 valence electrons. The zero-order valence-corrected chi connectivity index (χ0v) is 10.8. The zero-order chi connectivity index (χ0) is 11.9. The molecule has 3 heterocycles. The summed E-state index contributed by atoms with van der Waals surface area (Å²) in [5, 5.41) is 11.3. The topological polar surface area (TPSA) is 53.9 Å². The molecular formula is C10H13Cl2N5. The SMILES string of the molecule is Clc1nnc(Cl)c(N2CC3(CCNCC3)C2)n1. The smallest absolute Gasteiger partial charge is 0.245 e. The lowest BCUT2D eigenvalue weighted by Gasteiger charge is -2.53. The number of halogens is 2. The highest BCUT2D eigenvalue weighted by Crippen LogP contribution is 2.41. The molecule has 1 spiro atoms. The van der Waals surface area contributed by atoms with Gasteiger partial charge in [0.25, 0.3) is 0 Å². The van der Waals surface area contributed by atoms with E-state index in [1.165, 1.54) is 12.8 Å². The molecule has 5 nitrogen and oxygen atoms in total. The van der Waals surface area contributed by atoms with Crippen molar-refractivity contribution >= 4 is 29.0 Å². The molecule has 0 amide bonds. The van der Waals surface area contributed by atoms with E-state index in [1.807, 2.05) is 0 Å². The standard InChI is InChI=1S/C10H13Cl2N5/c11-7-8(14-9(12)16-15-7)17-5-10(6-17)1-3-13-4-2-10/h13H,1-6H2. The first kappa shape index (κ1) is 11.4. The van der Waals surface area contributed by atoms with Crippen LogP contribution < -0.4 is 10.2 Å². The Balaban J connectivity index is 1.74. The molecule has 0 unspecified atom stereocenters. The lowest BCUT2D eigenvalue weighted by Crippen LogP contribution is -2.60. The molecule has 0 atom stereocenters. The second kappa shape index (κ2) is 4.23. The molecule has 0 aliphatic carbocycles. The minimum atomic E-state index is 0.149. The summed E-state index contributed by atoms with van der Waals surface area (Å²) in [6.07, 6.45) is 2.43. The summed E-state index contributed by atoms with van der Waals surface area (Å²) in [5.41, 5.74) is 0.437. The van der Waals surface area contributed by atoms with Gasteiger partial charge in [-0.05, 0) is 37.5 Å². The van der Waals surface area contributed by atoms with Crippen LogP contribution in [0.4, 0.5) is 5.82 Å². The molecule has 3 rings (SSSR count). The van der Waals surface area contributed by atoms with Gasteiger partial charge < -0.3 is 10.2 Å². The minimum Gasteiger partial charge on any atom is -0.353 e. The monoisotopic (exact) mass is 273 g/mol. The second-order valence-electron chi connectivity index (χ2n) is 4.80. The Morgan fingerprint density at radius 3 is 2.53 bits per heavy atom. The summed E-state index contributed by atoms with van der Waals surface area (Å²) < 4.78 is 0. The number of hydrogen-bond acceptors (Lipinski definition) is 5. The summed E-state index contributed by atoms with van der Waals surface area (Å²) in [4.78, 5) is 6.28. The van der Waals surface area contributed by atoms with Crippen LogP contribution in [0.5, 0.6) is 0 Å². The van der Waals surface area contributed by atoms with Crippen molar-refractivity contribution in [2.75, 3.05) is 31.1 Å². The van der Waals surface area contributed by atoms with Gasteiger partial charge in [0, 0.05) is 18.5 Å². The van der Waals surface area contributed by atoms with Crippen molar-refractivity contribution < 1.29 is 0 Å². The second-order valence-corrected chi connectivity index (χ2v) is 5.50. The molecule has 0 bridgehead atoms. The van der Waals surface area contributed by atoms with Crippen LogP contribution in [-0.2, 0) is 0 Å². The van der Waals surface area contributed by atoms with Crippen LogP contribution in [0.3, 0.4) is 0 Å². The van der Waals surface area contributed by atoms with Crippen molar-refractivity contribution in [2.24, 2.45) is 5.41 Å². The molecule has 2 saturated heterocycles. The summed E-state index contributed by atoms with van der Waals surface area (Å²) in [5.74, 6) is 0.663. The zero-order valence-electron chi connectivity index (χ0n) is 9.29. The van der Waals surface area contributed by atoms with E-state index in [1.54, 1.807) is 0 Å². The third-order valence-electron chi connectivity index (χ3n) is 3.62. The first-order valence-electron chi connectivity index (χ1n) is 5.70. The van der Waals surface area contributed by atoms with Gasteiger partial charge in [0.1, 0.15) is 0 Å². The predicted octanol–water partition coefficient (Wildman–Crippen LogP) is 1.37. The highest BCUT2D eigenvalue weighted by molar-refractivity contribution is 6.32. The molecule has 0 saturated carbocycles. The minimum absolute atomic E-state index is 0.149. The van der Waals surface area contributed by atoms with E-state index in [4.69, 9.17) is 23.2 Å².